The second-order valence-electron chi connectivity index (χ2n) is 4.76. The van der Waals surface area contributed by atoms with Gasteiger partial charge in [0.25, 0.3) is 0 Å². The number of rotatable bonds is 5. The summed E-state index contributed by atoms with van der Waals surface area (Å²) in [6, 6.07) is 12.6. The number of nitrogens with zero attached hydrogens (tertiary/aromatic N) is 1. The molecule has 0 heterocycles. The van der Waals surface area contributed by atoms with Crippen molar-refractivity contribution >= 4 is 15.9 Å². The van der Waals surface area contributed by atoms with E-state index >= 15 is 0 Å². The van der Waals surface area contributed by atoms with Crippen molar-refractivity contribution in [2.45, 2.75) is 13.1 Å². The average Bonchev–Trinajstić information content (AvgIpc) is 2.38. The SMILES string of the molecule is COc1ccc(Br)cc1CN(C)Cc1cccc(F)c1. The Labute approximate surface area is 127 Å². The van der Waals surface area contributed by atoms with E-state index in [1.807, 2.05) is 31.3 Å². The molecular weight excluding hydrogens is 321 g/mol. The van der Waals surface area contributed by atoms with Gasteiger partial charge in [0.1, 0.15) is 11.6 Å². The van der Waals surface area contributed by atoms with E-state index in [0.717, 1.165) is 27.9 Å². The van der Waals surface area contributed by atoms with Gasteiger partial charge in [-0.15, -0.1) is 0 Å². The summed E-state index contributed by atoms with van der Waals surface area (Å²) in [5, 5.41) is 0. The van der Waals surface area contributed by atoms with E-state index in [-0.39, 0.29) is 5.82 Å². The smallest absolute Gasteiger partial charge is 0.123 e. The summed E-state index contributed by atoms with van der Waals surface area (Å²) in [7, 11) is 3.67. The van der Waals surface area contributed by atoms with Crippen molar-refractivity contribution in [3.05, 3.63) is 63.9 Å². The molecule has 2 aromatic carbocycles. The summed E-state index contributed by atoms with van der Waals surface area (Å²) in [6.07, 6.45) is 0. The highest BCUT2D eigenvalue weighted by Gasteiger charge is 2.08. The summed E-state index contributed by atoms with van der Waals surface area (Å²) in [5.74, 6) is 0.662. The summed E-state index contributed by atoms with van der Waals surface area (Å²) < 4.78 is 19.6. The zero-order chi connectivity index (χ0) is 14.5. The van der Waals surface area contributed by atoms with Crippen molar-refractivity contribution in [2.24, 2.45) is 0 Å². The van der Waals surface area contributed by atoms with E-state index < -0.39 is 0 Å². The third kappa shape index (κ3) is 4.05. The van der Waals surface area contributed by atoms with Crippen molar-refractivity contribution < 1.29 is 9.13 Å². The predicted molar refractivity (Wildman–Crippen MR) is 82.3 cm³/mol. The lowest BCUT2D eigenvalue weighted by Gasteiger charge is -2.18. The molecule has 0 radical (unpaired) electrons. The minimum absolute atomic E-state index is 0.198. The Morgan fingerprint density at radius 3 is 2.65 bits per heavy atom. The van der Waals surface area contributed by atoms with Gasteiger partial charge in [0.2, 0.25) is 0 Å². The summed E-state index contributed by atoms with van der Waals surface area (Å²) in [6.45, 7) is 1.42. The maximum absolute atomic E-state index is 13.2. The zero-order valence-corrected chi connectivity index (χ0v) is 13.2. The van der Waals surface area contributed by atoms with Crippen LogP contribution in [0.4, 0.5) is 4.39 Å². The number of benzene rings is 2. The lowest BCUT2D eigenvalue weighted by molar-refractivity contribution is 0.309. The van der Waals surface area contributed by atoms with Crippen LogP contribution in [0.5, 0.6) is 5.75 Å². The molecule has 0 atom stereocenters. The Kier molecular flexibility index (Phi) is 5.15. The maximum atomic E-state index is 13.2. The molecule has 0 amide bonds. The van der Waals surface area contributed by atoms with Gasteiger partial charge in [-0.3, -0.25) is 4.90 Å². The van der Waals surface area contributed by atoms with Gasteiger partial charge in [0.15, 0.2) is 0 Å². The molecule has 0 bridgehead atoms. The molecule has 0 saturated heterocycles. The van der Waals surface area contributed by atoms with Crippen LogP contribution in [0.2, 0.25) is 0 Å². The van der Waals surface area contributed by atoms with Crippen LogP contribution >= 0.6 is 15.9 Å². The molecule has 4 heteroatoms. The fourth-order valence-corrected chi connectivity index (χ4v) is 2.57. The highest BCUT2D eigenvalue weighted by molar-refractivity contribution is 9.10. The Morgan fingerprint density at radius 2 is 1.95 bits per heavy atom. The van der Waals surface area contributed by atoms with E-state index in [0.29, 0.717) is 6.54 Å². The van der Waals surface area contributed by atoms with E-state index in [9.17, 15) is 4.39 Å². The molecule has 0 aliphatic heterocycles. The number of halogens is 2. The Hall–Kier alpha value is -1.39. The molecule has 2 rings (SSSR count). The van der Waals surface area contributed by atoms with Crippen LogP contribution in [0.25, 0.3) is 0 Å². The number of hydrogen-bond acceptors (Lipinski definition) is 2. The largest absolute Gasteiger partial charge is 0.496 e. The van der Waals surface area contributed by atoms with Crippen molar-refractivity contribution in [2.75, 3.05) is 14.2 Å². The molecule has 0 N–H and O–H groups in total. The van der Waals surface area contributed by atoms with Crippen LogP contribution in [-0.4, -0.2) is 19.1 Å². The number of hydrogen-bond donors (Lipinski definition) is 0. The minimum atomic E-state index is -0.198. The van der Waals surface area contributed by atoms with Crippen molar-refractivity contribution in [1.82, 2.24) is 4.90 Å². The normalized spacial score (nSPS) is 10.8. The lowest BCUT2D eigenvalue weighted by atomic mass is 10.1. The molecule has 20 heavy (non-hydrogen) atoms. The van der Waals surface area contributed by atoms with Gasteiger partial charge in [-0.1, -0.05) is 28.1 Å². The third-order valence-corrected chi connectivity index (χ3v) is 3.52. The minimum Gasteiger partial charge on any atom is -0.496 e. The predicted octanol–water partition coefficient (Wildman–Crippen LogP) is 4.23. The molecular formula is C16H17BrFNO. The van der Waals surface area contributed by atoms with Gasteiger partial charge >= 0.3 is 0 Å². The third-order valence-electron chi connectivity index (χ3n) is 3.02. The first kappa shape index (κ1) is 15.0. The molecule has 0 aromatic heterocycles. The first-order valence-electron chi connectivity index (χ1n) is 6.34. The Balaban J connectivity index is 2.08. The molecule has 0 unspecified atom stereocenters. The summed E-state index contributed by atoms with van der Waals surface area (Å²) in [4.78, 5) is 2.12. The summed E-state index contributed by atoms with van der Waals surface area (Å²) >= 11 is 3.47. The van der Waals surface area contributed by atoms with Crippen LogP contribution in [0.15, 0.2) is 46.9 Å². The number of methoxy groups -OCH3 is 1. The van der Waals surface area contributed by atoms with Crippen molar-refractivity contribution in [3.8, 4) is 5.75 Å². The monoisotopic (exact) mass is 337 g/mol. The van der Waals surface area contributed by atoms with Gasteiger partial charge in [-0.05, 0) is 42.9 Å². The summed E-state index contributed by atoms with van der Waals surface area (Å²) in [5.41, 5.74) is 2.06. The molecule has 0 aliphatic carbocycles. The van der Waals surface area contributed by atoms with Crippen LogP contribution in [-0.2, 0) is 13.1 Å². The Bertz CT molecular complexity index is 588. The molecule has 106 valence electrons. The molecule has 0 saturated carbocycles. The van der Waals surface area contributed by atoms with Crippen molar-refractivity contribution in [3.63, 3.8) is 0 Å². The Morgan fingerprint density at radius 1 is 1.15 bits per heavy atom. The van der Waals surface area contributed by atoms with Gasteiger partial charge in [0, 0.05) is 23.1 Å². The molecule has 0 fully saturated rings. The van der Waals surface area contributed by atoms with Gasteiger partial charge in [0.05, 0.1) is 7.11 Å². The van der Waals surface area contributed by atoms with E-state index in [1.54, 1.807) is 19.2 Å². The molecule has 2 aromatic rings. The maximum Gasteiger partial charge on any atom is 0.123 e. The van der Waals surface area contributed by atoms with Crippen LogP contribution in [0.1, 0.15) is 11.1 Å². The topological polar surface area (TPSA) is 12.5 Å². The fourth-order valence-electron chi connectivity index (χ4n) is 2.16. The first-order valence-corrected chi connectivity index (χ1v) is 7.13. The second-order valence-corrected chi connectivity index (χ2v) is 5.67. The van der Waals surface area contributed by atoms with E-state index in [4.69, 9.17) is 4.74 Å². The van der Waals surface area contributed by atoms with Crippen LogP contribution < -0.4 is 4.74 Å². The molecule has 0 aliphatic rings. The van der Waals surface area contributed by atoms with Gasteiger partial charge in [-0.2, -0.15) is 0 Å². The first-order chi connectivity index (χ1) is 9.58. The van der Waals surface area contributed by atoms with Crippen LogP contribution in [0, 0.1) is 5.82 Å². The van der Waals surface area contributed by atoms with Crippen LogP contribution in [0.3, 0.4) is 0 Å². The molecule has 0 spiro atoms. The standard InChI is InChI=1S/C16H17BrFNO/c1-19(10-12-4-3-5-15(18)8-12)11-13-9-14(17)6-7-16(13)20-2/h3-9H,10-11H2,1-2H3. The van der Waals surface area contributed by atoms with E-state index in [2.05, 4.69) is 20.8 Å². The zero-order valence-electron chi connectivity index (χ0n) is 11.6. The molecule has 2 nitrogen and oxygen atoms in total. The van der Waals surface area contributed by atoms with Gasteiger partial charge < -0.3 is 4.74 Å². The average molecular weight is 338 g/mol. The fraction of sp³-hybridized carbons (Fsp3) is 0.250. The number of ether oxygens (including phenoxy) is 1. The highest BCUT2D eigenvalue weighted by atomic mass is 79.9. The van der Waals surface area contributed by atoms with Crippen molar-refractivity contribution in [1.29, 1.82) is 0 Å². The highest BCUT2D eigenvalue weighted by Crippen LogP contribution is 2.24. The van der Waals surface area contributed by atoms with Gasteiger partial charge in [-0.25, -0.2) is 4.39 Å². The quantitative estimate of drug-likeness (QED) is 0.809. The van der Waals surface area contributed by atoms with E-state index in [1.165, 1.54) is 6.07 Å². The second kappa shape index (κ2) is 6.86. The lowest BCUT2D eigenvalue weighted by Crippen LogP contribution is -2.17.